The Hall–Kier alpha value is -1.32. The number of nitrogens with zero attached hydrogens (tertiary/aromatic N) is 2. The Labute approximate surface area is 131 Å². The van der Waals surface area contributed by atoms with Crippen molar-refractivity contribution in [3.63, 3.8) is 0 Å². The van der Waals surface area contributed by atoms with Gasteiger partial charge in [0.25, 0.3) is 0 Å². The Morgan fingerprint density at radius 3 is 2.86 bits per heavy atom. The number of hydrogen-bond acceptors (Lipinski definition) is 2. The second kappa shape index (κ2) is 5.82. The van der Waals surface area contributed by atoms with Crippen LogP contribution in [0, 0.1) is 20.8 Å². The van der Waals surface area contributed by atoms with Crippen LogP contribution in [-0.4, -0.2) is 16.1 Å². The average molecular weight is 304 g/mol. The van der Waals surface area contributed by atoms with Crippen molar-refractivity contribution in [3.8, 4) is 0 Å². The molecule has 1 aromatic heterocycles. The zero-order valence-corrected chi connectivity index (χ0v) is 13.7. The first kappa shape index (κ1) is 14.6. The first-order valence-electron chi connectivity index (χ1n) is 7.58. The van der Waals surface area contributed by atoms with E-state index in [4.69, 9.17) is 11.6 Å². The first-order chi connectivity index (χ1) is 10.1. The maximum absolute atomic E-state index is 6.31. The highest BCUT2D eigenvalue weighted by Gasteiger charge is 2.25. The molecule has 0 spiro atoms. The van der Waals surface area contributed by atoms with Gasteiger partial charge in [0, 0.05) is 13.1 Å². The highest BCUT2D eigenvalue weighted by atomic mass is 35.5. The smallest absolute Gasteiger partial charge is 0.152 e. The molecule has 21 heavy (non-hydrogen) atoms. The van der Waals surface area contributed by atoms with Crippen molar-refractivity contribution in [2.75, 3.05) is 6.54 Å². The third-order valence-corrected chi connectivity index (χ3v) is 4.78. The second-order valence-corrected chi connectivity index (χ2v) is 6.31. The number of nitrogens with one attached hydrogen (secondary N) is 1. The van der Waals surface area contributed by atoms with Crippen molar-refractivity contribution >= 4 is 11.6 Å². The second-order valence-electron chi connectivity index (χ2n) is 5.95. The predicted octanol–water partition coefficient (Wildman–Crippen LogP) is 3.74. The van der Waals surface area contributed by atoms with Crippen molar-refractivity contribution in [2.24, 2.45) is 0 Å². The molecule has 3 rings (SSSR count). The lowest BCUT2D eigenvalue weighted by molar-refractivity contribution is 0.402. The molecule has 0 unspecified atom stereocenters. The predicted molar refractivity (Wildman–Crippen MR) is 87.0 cm³/mol. The lowest BCUT2D eigenvalue weighted by Gasteiger charge is -2.26. The van der Waals surface area contributed by atoms with E-state index in [9.17, 15) is 0 Å². The Bertz CT molecular complexity index is 660. The van der Waals surface area contributed by atoms with Gasteiger partial charge in [0.2, 0.25) is 0 Å². The van der Waals surface area contributed by atoms with Gasteiger partial charge in [-0.3, -0.25) is 0 Å². The summed E-state index contributed by atoms with van der Waals surface area (Å²) in [7, 11) is 0. The van der Waals surface area contributed by atoms with Gasteiger partial charge in [0.15, 0.2) is 5.15 Å². The number of halogens is 1. The lowest BCUT2D eigenvalue weighted by Crippen LogP contribution is -2.34. The normalized spacial score (nSPS) is 17.8. The molecule has 1 aromatic carbocycles. The largest absolute Gasteiger partial charge is 0.328 e. The van der Waals surface area contributed by atoms with Crippen LogP contribution in [0.3, 0.4) is 0 Å². The number of fused-ring (bicyclic) bond motifs is 1. The number of aromatic nitrogens is 2. The van der Waals surface area contributed by atoms with Gasteiger partial charge in [-0.15, -0.1) is 0 Å². The Morgan fingerprint density at radius 2 is 2.10 bits per heavy atom. The fraction of sp³-hybridized carbons (Fsp3) is 0.471. The molecule has 0 fully saturated rings. The van der Waals surface area contributed by atoms with Gasteiger partial charge in [0.1, 0.15) is 5.82 Å². The monoisotopic (exact) mass is 303 g/mol. The van der Waals surface area contributed by atoms with Crippen LogP contribution in [-0.2, 0) is 13.0 Å². The van der Waals surface area contributed by atoms with Gasteiger partial charge in [-0.2, -0.15) is 0 Å². The number of aryl methyl sites for hydroxylation is 4. The Morgan fingerprint density at radius 1 is 1.29 bits per heavy atom. The van der Waals surface area contributed by atoms with E-state index in [1.165, 1.54) is 16.7 Å². The minimum absolute atomic E-state index is 0.300. The minimum atomic E-state index is 0.300. The van der Waals surface area contributed by atoms with Crippen molar-refractivity contribution in [2.45, 2.75) is 46.2 Å². The molecule has 0 bridgehead atoms. The molecule has 1 N–H and O–H groups in total. The molecule has 2 heterocycles. The fourth-order valence-electron chi connectivity index (χ4n) is 3.12. The van der Waals surface area contributed by atoms with Crippen LogP contribution in [0.5, 0.6) is 0 Å². The molecule has 4 heteroatoms. The minimum Gasteiger partial charge on any atom is -0.328 e. The van der Waals surface area contributed by atoms with Crippen molar-refractivity contribution < 1.29 is 0 Å². The Balaban J connectivity index is 1.76. The molecule has 3 nitrogen and oxygen atoms in total. The van der Waals surface area contributed by atoms with Crippen molar-refractivity contribution in [1.29, 1.82) is 0 Å². The molecule has 1 aliphatic rings. The van der Waals surface area contributed by atoms with Gasteiger partial charge in [0.05, 0.1) is 11.7 Å². The summed E-state index contributed by atoms with van der Waals surface area (Å²) in [5, 5.41) is 4.24. The molecule has 112 valence electrons. The van der Waals surface area contributed by atoms with Crippen LogP contribution in [0.1, 0.15) is 40.7 Å². The summed E-state index contributed by atoms with van der Waals surface area (Å²) in [6, 6.07) is 7.03. The molecule has 0 aliphatic carbocycles. The highest BCUT2D eigenvalue weighted by Crippen LogP contribution is 2.29. The van der Waals surface area contributed by atoms with E-state index in [1.54, 1.807) is 0 Å². The summed E-state index contributed by atoms with van der Waals surface area (Å²) in [4.78, 5) is 4.41. The van der Waals surface area contributed by atoms with E-state index in [0.717, 1.165) is 37.4 Å². The van der Waals surface area contributed by atoms with E-state index in [1.807, 2.05) is 6.92 Å². The third-order valence-electron chi connectivity index (χ3n) is 4.50. The van der Waals surface area contributed by atoms with Crippen molar-refractivity contribution in [3.05, 3.63) is 51.6 Å². The summed E-state index contributed by atoms with van der Waals surface area (Å²) in [5.41, 5.74) is 5.27. The molecule has 0 saturated heterocycles. The topological polar surface area (TPSA) is 29.9 Å². The number of imidazole rings is 1. The zero-order valence-electron chi connectivity index (χ0n) is 12.9. The van der Waals surface area contributed by atoms with Crippen LogP contribution in [0.15, 0.2) is 18.2 Å². The van der Waals surface area contributed by atoms with E-state index < -0.39 is 0 Å². The van der Waals surface area contributed by atoms with Gasteiger partial charge in [-0.1, -0.05) is 29.8 Å². The molecule has 0 radical (unpaired) electrons. The molecule has 0 amide bonds. The number of hydrogen-bond donors (Lipinski definition) is 1. The Kier molecular flexibility index (Phi) is 4.05. The molecule has 2 aromatic rings. The van der Waals surface area contributed by atoms with E-state index in [-0.39, 0.29) is 0 Å². The summed E-state index contributed by atoms with van der Waals surface area (Å²) in [5.74, 6) is 1.02. The van der Waals surface area contributed by atoms with E-state index in [2.05, 4.69) is 46.9 Å². The first-order valence-corrected chi connectivity index (χ1v) is 7.96. The summed E-state index contributed by atoms with van der Waals surface area (Å²) >= 11 is 6.31. The van der Waals surface area contributed by atoms with E-state index in [0.29, 0.717) is 11.2 Å². The standard InChI is InChI=1S/C17H22ClN3/c1-11-4-5-14(10-12(11)2)6-7-15-16-17(18)20-13(3)21(16)9-8-19-15/h4-5,10,15,19H,6-9H2,1-3H3/t15-/m1/s1. The van der Waals surface area contributed by atoms with Crippen LogP contribution >= 0.6 is 11.6 Å². The SMILES string of the molecule is Cc1ccc(CC[C@H]2NCCn3c(C)nc(Cl)c32)cc1C. The molecular weight excluding hydrogens is 282 g/mol. The zero-order chi connectivity index (χ0) is 15.0. The average Bonchev–Trinajstić information content (AvgIpc) is 2.76. The van der Waals surface area contributed by atoms with Crippen LogP contribution in [0.25, 0.3) is 0 Å². The summed E-state index contributed by atoms with van der Waals surface area (Å²) < 4.78 is 2.25. The quantitative estimate of drug-likeness (QED) is 0.936. The van der Waals surface area contributed by atoms with Crippen molar-refractivity contribution in [1.82, 2.24) is 14.9 Å². The highest BCUT2D eigenvalue weighted by molar-refractivity contribution is 6.30. The van der Waals surface area contributed by atoms with Crippen LogP contribution in [0.4, 0.5) is 0 Å². The summed E-state index contributed by atoms with van der Waals surface area (Å²) in [6.45, 7) is 8.30. The molecular formula is C17H22ClN3. The van der Waals surface area contributed by atoms with Gasteiger partial charge in [-0.05, 0) is 50.3 Å². The summed E-state index contributed by atoms with van der Waals surface area (Å²) in [6.07, 6.45) is 2.10. The molecule has 1 aliphatic heterocycles. The maximum atomic E-state index is 6.31. The van der Waals surface area contributed by atoms with Gasteiger partial charge >= 0.3 is 0 Å². The lowest BCUT2D eigenvalue weighted by atomic mass is 9.99. The van der Waals surface area contributed by atoms with Gasteiger partial charge < -0.3 is 9.88 Å². The van der Waals surface area contributed by atoms with Gasteiger partial charge in [-0.25, -0.2) is 4.98 Å². The number of rotatable bonds is 3. The number of benzene rings is 1. The van der Waals surface area contributed by atoms with Crippen LogP contribution in [0.2, 0.25) is 5.15 Å². The molecule has 0 saturated carbocycles. The van der Waals surface area contributed by atoms with Crippen LogP contribution < -0.4 is 5.32 Å². The maximum Gasteiger partial charge on any atom is 0.152 e. The van der Waals surface area contributed by atoms with E-state index >= 15 is 0 Å². The fourth-order valence-corrected chi connectivity index (χ4v) is 3.47. The third kappa shape index (κ3) is 2.85. The molecule has 1 atom stereocenters.